The Morgan fingerprint density at radius 3 is 2.39 bits per heavy atom. The SMILES string of the molecule is CCOC(O)C1CCN(C(=O)OC(C)(C)C)CC1. The van der Waals surface area contributed by atoms with Gasteiger partial charge in [-0.25, -0.2) is 4.79 Å². The lowest BCUT2D eigenvalue weighted by Crippen LogP contribution is -2.44. The first kappa shape index (κ1) is 15.2. The van der Waals surface area contributed by atoms with Crippen molar-refractivity contribution in [1.82, 2.24) is 4.90 Å². The Balaban J connectivity index is 2.37. The Morgan fingerprint density at radius 2 is 1.94 bits per heavy atom. The number of aliphatic hydroxyl groups excluding tert-OH is 1. The van der Waals surface area contributed by atoms with Crippen molar-refractivity contribution in [2.45, 2.75) is 52.4 Å². The highest BCUT2D eigenvalue weighted by Gasteiger charge is 2.30. The fourth-order valence-corrected chi connectivity index (χ4v) is 2.00. The molecule has 1 saturated heterocycles. The minimum absolute atomic E-state index is 0.114. The van der Waals surface area contributed by atoms with E-state index in [-0.39, 0.29) is 12.0 Å². The molecule has 1 aliphatic heterocycles. The molecule has 5 nitrogen and oxygen atoms in total. The predicted octanol–water partition coefficient (Wildman–Crippen LogP) is 1.99. The van der Waals surface area contributed by atoms with E-state index in [2.05, 4.69) is 0 Å². The topological polar surface area (TPSA) is 59.0 Å². The van der Waals surface area contributed by atoms with Crippen molar-refractivity contribution in [2.75, 3.05) is 19.7 Å². The summed E-state index contributed by atoms with van der Waals surface area (Å²) >= 11 is 0. The molecule has 1 fully saturated rings. The Bertz CT molecular complexity index is 267. The predicted molar refractivity (Wildman–Crippen MR) is 68.2 cm³/mol. The number of amides is 1. The van der Waals surface area contributed by atoms with E-state index in [1.54, 1.807) is 4.90 Å². The summed E-state index contributed by atoms with van der Waals surface area (Å²) in [7, 11) is 0. The number of carbonyl (C=O) groups excluding carboxylic acids is 1. The second-order valence-corrected chi connectivity index (χ2v) is 5.65. The first-order chi connectivity index (χ1) is 8.33. The molecule has 0 saturated carbocycles. The fourth-order valence-electron chi connectivity index (χ4n) is 2.00. The third kappa shape index (κ3) is 4.82. The van der Waals surface area contributed by atoms with Gasteiger partial charge < -0.3 is 19.5 Å². The summed E-state index contributed by atoms with van der Waals surface area (Å²) < 4.78 is 10.5. The van der Waals surface area contributed by atoms with Gasteiger partial charge in [0.2, 0.25) is 0 Å². The van der Waals surface area contributed by atoms with Crippen LogP contribution >= 0.6 is 0 Å². The average molecular weight is 259 g/mol. The molecule has 1 amide bonds. The van der Waals surface area contributed by atoms with Crippen LogP contribution in [-0.4, -0.2) is 47.7 Å². The molecular weight excluding hydrogens is 234 g/mol. The van der Waals surface area contributed by atoms with Gasteiger partial charge >= 0.3 is 6.09 Å². The summed E-state index contributed by atoms with van der Waals surface area (Å²) in [5.74, 6) is 0.114. The maximum absolute atomic E-state index is 11.8. The number of likely N-dealkylation sites (tertiary alicyclic amines) is 1. The van der Waals surface area contributed by atoms with Crippen LogP contribution < -0.4 is 0 Å². The highest BCUT2D eigenvalue weighted by atomic mass is 16.6. The average Bonchev–Trinajstić information content (AvgIpc) is 2.27. The van der Waals surface area contributed by atoms with Gasteiger partial charge in [-0.15, -0.1) is 0 Å². The number of piperidine rings is 1. The van der Waals surface area contributed by atoms with Crippen molar-refractivity contribution >= 4 is 6.09 Å². The van der Waals surface area contributed by atoms with Crippen LogP contribution in [0.2, 0.25) is 0 Å². The zero-order valence-corrected chi connectivity index (χ0v) is 11.8. The third-order valence-electron chi connectivity index (χ3n) is 2.93. The molecule has 0 radical (unpaired) electrons. The molecule has 1 atom stereocenters. The monoisotopic (exact) mass is 259 g/mol. The van der Waals surface area contributed by atoms with Crippen LogP contribution in [0.15, 0.2) is 0 Å². The van der Waals surface area contributed by atoms with Crippen LogP contribution in [0.1, 0.15) is 40.5 Å². The molecule has 0 aliphatic carbocycles. The first-order valence-electron chi connectivity index (χ1n) is 6.61. The van der Waals surface area contributed by atoms with Gasteiger partial charge in [-0.2, -0.15) is 0 Å². The number of hydrogen-bond donors (Lipinski definition) is 1. The maximum atomic E-state index is 11.8. The van der Waals surface area contributed by atoms with E-state index in [1.807, 2.05) is 27.7 Å². The number of ether oxygens (including phenoxy) is 2. The zero-order chi connectivity index (χ0) is 13.8. The van der Waals surface area contributed by atoms with Crippen molar-refractivity contribution in [3.63, 3.8) is 0 Å². The van der Waals surface area contributed by atoms with E-state index in [1.165, 1.54) is 0 Å². The van der Waals surface area contributed by atoms with Gasteiger partial charge in [0.15, 0.2) is 6.29 Å². The molecule has 5 heteroatoms. The number of hydrogen-bond acceptors (Lipinski definition) is 4. The van der Waals surface area contributed by atoms with Gasteiger partial charge in [-0.1, -0.05) is 0 Å². The lowest BCUT2D eigenvalue weighted by Gasteiger charge is -2.34. The molecule has 0 bridgehead atoms. The van der Waals surface area contributed by atoms with Crippen LogP contribution in [0.25, 0.3) is 0 Å². The van der Waals surface area contributed by atoms with Crippen LogP contribution in [0.3, 0.4) is 0 Å². The maximum Gasteiger partial charge on any atom is 0.410 e. The highest BCUT2D eigenvalue weighted by molar-refractivity contribution is 5.68. The van der Waals surface area contributed by atoms with Crippen molar-refractivity contribution in [1.29, 1.82) is 0 Å². The molecule has 0 aromatic rings. The summed E-state index contributed by atoms with van der Waals surface area (Å²) in [4.78, 5) is 13.5. The van der Waals surface area contributed by atoms with Crippen molar-refractivity contribution < 1.29 is 19.4 Å². The Kier molecular flexibility index (Phi) is 5.41. The van der Waals surface area contributed by atoms with Crippen molar-refractivity contribution in [3.8, 4) is 0 Å². The highest BCUT2D eigenvalue weighted by Crippen LogP contribution is 2.22. The molecule has 0 aromatic heterocycles. The summed E-state index contributed by atoms with van der Waals surface area (Å²) in [6, 6.07) is 0. The Hall–Kier alpha value is -0.810. The second kappa shape index (κ2) is 6.38. The van der Waals surface area contributed by atoms with Crippen LogP contribution in [-0.2, 0) is 9.47 Å². The third-order valence-corrected chi connectivity index (χ3v) is 2.93. The Labute approximate surface area is 109 Å². The number of nitrogens with zero attached hydrogens (tertiary/aromatic N) is 1. The van der Waals surface area contributed by atoms with Crippen LogP contribution in [0.5, 0.6) is 0 Å². The van der Waals surface area contributed by atoms with E-state index in [0.29, 0.717) is 19.7 Å². The molecule has 1 rings (SSSR count). The van der Waals surface area contributed by atoms with Gasteiger partial charge in [0.1, 0.15) is 5.60 Å². The van der Waals surface area contributed by atoms with Crippen molar-refractivity contribution in [3.05, 3.63) is 0 Å². The molecule has 0 aromatic carbocycles. The molecule has 1 heterocycles. The summed E-state index contributed by atoms with van der Waals surface area (Å²) in [6.07, 6.45) is 0.517. The van der Waals surface area contributed by atoms with E-state index in [9.17, 15) is 9.90 Å². The lowest BCUT2D eigenvalue weighted by atomic mass is 9.96. The number of rotatable bonds is 3. The lowest BCUT2D eigenvalue weighted by molar-refractivity contribution is -0.140. The molecule has 1 aliphatic rings. The van der Waals surface area contributed by atoms with Crippen molar-refractivity contribution in [2.24, 2.45) is 5.92 Å². The largest absolute Gasteiger partial charge is 0.444 e. The Morgan fingerprint density at radius 1 is 1.39 bits per heavy atom. The summed E-state index contributed by atoms with van der Waals surface area (Å²) in [5, 5.41) is 9.73. The summed E-state index contributed by atoms with van der Waals surface area (Å²) in [6.45, 7) is 9.17. The van der Waals surface area contributed by atoms with Gasteiger partial charge in [-0.05, 0) is 40.5 Å². The van der Waals surface area contributed by atoms with E-state index >= 15 is 0 Å². The minimum atomic E-state index is -0.712. The fraction of sp³-hybridized carbons (Fsp3) is 0.923. The van der Waals surface area contributed by atoms with E-state index in [4.69, 9.17) is 9.47 Å². The van der Waals surface area contributed by atoms with Crippen LogP contribution in [0.4, 0.5) is 4.79 Å². The molecular formula is C13H25NO4. The van der Waals surface area contributed by atoms with E-state index in [0.717, 1.165) is 12.8 Å². The normalized spacial score (nSPS) is 19.7. The molecule has 1 unspecified atom stereocenters. The van der Waals surface area contributed by atoms with Gasteiger partial charge in [0.25, 0.3) is 0 Å². The minimum Gasteiger partial charge on any atom is -0.444 e. The zero-order valence-electron chi connectivity index (χ0n) is 11.8. The van der Waals surface area contributed by atoms with Gasteiger partial charge in [0.05, 0.1) is 0 Å². The number of carbonyl (C=O) groups is 1. The molecule has 0 spiro atoms. The second-order valence-electron chi connectivity index (χ2n) is 5.65. The van der Waals surface area contributed by atoms with Gasteiger partial charge in [-0.3, -0.25) is 0 Å². The number of aliphatic hydroxyl groups is 1. The smallest absolute Gasteiger partial charge is 0.410 e. The van der Waals surface area contributed by atoms with E-state index < -0.39 is 11.9 Å². The molecule has 18 heavy (non-hydrogen) atoms. The van der Waals surface area contributed by atoms with Crippen LogP contribution in [0, 0.1) is 5.92 Å². The molecule has 1 N–H and O–H groups in total. The summed E-state index contributed by atoms with van der Waals surface area (Å²) in [5.41, 5.74) is -0.460. The first-order valence-corrected chi connectivity index (χ1v) is 6.61. The standard InChI is InChI=1S/C13H25NO4/c1-5-17-11(15)10-6-8-14(9-7-10)12(16)18-13(2,3)4/h10-11,15H,5-9H2,1-4H3. The molecule has 106 valence electrons. The van der Waals surface area contributed by atoms with Gasteiger partial charge in [0, 0.05) is 25.6 Å². The quantitative estimate of drug-likeness (QED) is 0.787.